The lowest BCUT2D eigenvalue weighted by molar-refractivity contribution is 0.0730. The molecule has 0 radical (unpaired) electrons. The van der Waals surface area contributed by atoms with Crippen LogP contribution in [0.3, 0.4) is 0 Å². The van der Waals surface area contributed by atoms with Gasteiger partial charge in [-0.25, -0.2) is 8.42 Å². The Morgan fingerprint density at radius 1 is 1.37 bits per heavy atom. The molecule has 104 valence electrons. The van der Waals surface area contributed by atoms with Crippen LogP contribution in [0.15, 0.2) is 23.1 Å². The molecule has 0 aromatic heterocycles. The predicted octanol–water partition coefficient (Wildman–Crippen LogP) is 0.650. The van der Waals surface area contributed by atoms with Gasteiger partial charge in [-0.3, -0.25) is 0 Å². The maximum atomic E-state index is 12.4. The third-order valence-electron chi connectivity index (χ3n) is 3.07. The summed E-state index contributed by atoms with van der Waals surface area (Å²) >= 11 is 4.91. The number of aryl methyl sites for hydroxylation is 1. The van der Waals surface area contributed by atoms with Crippen molar-refractivity contribution in [3.8, 4) is 0 Å². The van der Waals surface area contributed by atoms with E-state index in [0.717, 1.165) is 5.56 Å². The van der Waals surface area contributed by atoms with E-state index in [-0.39, 0.29) is 9.88 Å². The number of sulfonamides is 1. The van der Waals surface area contributed by atoms with Gasteiger partial charge in [0.25, 0.3) is 0 Å². The van der Waals surface area contributed by atoms with Crippen LogP contribution in [0, 0.1) is 6.92 Å². The molecule has 1 fully saturated rings. The van der Waals surface area contributed by atoms with Gasteiger partial charge >= 0.3 is 0 Å². The van der Waals surface area contributed by atoms with Gasteiger partial charge in [0.15, 0.2) is 0 Å². The van der Waals surface area contributed by atoms with E-state index in [1.54, 1.807) is 25.1 Å². The Bertz CT molecular complexity index is 593. The zero-order valence-corrected chi connectivity index (χ0v) is 12.3. The maximum absolute atomic E-state index is 12.4. The van der Waals surface area contributed by atoms with E-state index in [9.17, 15) is 8.42 Å². The number of hydrogen-bond acceptors (Lipinski definition) is 4. The zero-order valence-electron chi connectivity index (χ0n) is 10.6. The minimum atomic E-state index is -3.46. The summed E-state index contributed by atoms with van der Waals surface area (Å²) in [4.78, 5) is 0.541. The van der Waals surface area contributed by atoms with Crippen molar-refractivity contribution in [1.29, 1.82) is 0 Å². The topological polar surface area (TPSA) is 72.6 Å². The van der Waals surface area contributed by atoms with Crippen LogP contribution in [-0.4, -0.2) is 44.0 Å². The van der Waals surface area contributed by atoms with Gasteiger partial charge in [-0.05, 0) is 24.6 Å². The summed E-state index contributed by atoms with van der Waals surface area (Å²) in [5.74, 6) is 0. The van der Waals surface area contributed by atoms with Gasteiger partial charge in [0.2, 0.25) is 10.0 Å². The standard InChI is InChI=1S/C12H16N2O3S2/c1-9-8-10(2-3-11(9)12(13)18)19(15,16)14-4-6-17-7-5-14/h2-3,8H,4-7H2,1H3,(H2,13,18). The van der Waals surface area contributed by atoms with Crippen LogP contribution in [0.5, 0.6) is 0 Å². The molecule has 0 atom stereocenters. The van der Waals surface area contributed by atoms with Crippen LogP contribution >= 0.6 is 12.2 Å². The number of rotatable bonds is 3. The molecule has 0 saturated carbocycles. The first kappa shape index (κ1) is 14.4. The van der Waals surface area contributed by atoms with Crippen molar-refractivity contribution in [3.63, 3.8) is 0 Å². The van der Waals surface area contributed by atoms with Crippen molar-refractivity contribution in [2.75, 3.05) is 26.3 Å². The fraction of sp³-hybridized carbons (Fsp3) is 0.417. The van der Waals surface area contributed by atoms with E-state index < -0.39 is 10.0 Å². The predicted molar refractivity (Wildman–Crippen MR) is 76.6 cm³/mol. The minimum Gasteiger partial charge on any atom is -0.389 e. The average molecular weight is 300 g/mol. The highest BCUT2D eigenvalue weighted by Gasteiger charge is 2.26. The highest BCUT2D eigenvalue weighted by molar-refractivity contribution is 7.89. The van der Waals surface area contributed by atoms with Gasteiger partial charge in [0, 0.05) is 18.7 Å². The Kier molecular flexibility index (Phi) is 4.19. The first-order chi connectivity index (χ1) is 8.93. The Morgan fingerprint density at radius 2 is 2.00 bits per heavy atom. The summed E-state index contributed by atoms with van der Waals surface area (Å²) in [6, 6.07) is 4.82. The maximum Gasteiger partial charge on any atom is 0.243 e. The van der Waals surface area contributed by atoms with Crippen molar-refractivity contribution < 1.29 is 13.2 Å². The van der Waals surface area contributed by atoms with Crippen LogP contribution < -0.4 is 5.73 Å². The Morgan fingerprint density at radius 3 is 2.53 bits per heavy atom. The summed E-state index contributed by atoms with van der Waals surface area (Å²) in [6.07, 6.45) is 0. The van der Waals surface area contributed by atoms with Gasteiger partial charge in [-0.15, -0.1) is 0 Å². The molecule has 1 aliphatic rings. The largest absolute Gasteiger partial charge is 0.389 e. The summed E-state index contributed by atoms with van der Waals surface area (Å²) in [7, 11) is -3.46. The summed E-state index contributed by atoms with van der Waals surface area (Å²) in [6.45, 7) is 3.44. The molecule has 7 heteroatoms. The molecule has 2 rings (SSSR count). The molecule has 1 aromatic carbocycles. The first-order valence-corrected chi connectivity index (χ1v) is 7.76. The minimum absolute atomic E-state index is 0.270. The lowest BCUT2D eigenvalue weighted by Crippen LogP contribution is -2.40. The zero-order chi connectivity index (χ0) is 14.0. The summed E-state index contributed by atoms with van der Waals surface area (Å²) < 4.78 is 31.5. The van der Waals surface area contributed by atoms with Gasteiger partial charge in [-0.1, -0.05) is 18.3 Å². The van der Waals surface area contributed by atoms with E-state index >= 15 is 0 Å². The number of nitrogens with zero attached hydrogens (tertiary/aromatic N) is 1. The number of benzene rings is 1. The molecule has 2 N–H and O–H groups in total. The second-order valence-corrected chi connectivity index (χ2v) is 6.74. The molecule has 0 bridgehead atoms. The fourth-order valence-electron chi connectivity index (χ4n) is 2.01. The van der Waals surface area contributed by atoms with E-state index in [0.29, 0.717) is 31.9 Å². The van der Waals surface area contributed by atoms with Crippen molar-refractivity contribution in [1.82, 2.24) is 4.31 Å². The van der Waals surface area contributed by atoms with E-state index in [1.165, 1.54) is 4.31 Å². The number of thiocarbonyl (C=S) groups is 1. The molecule has 0 amide bonds. The molecule has 1 aromatic rings. The van der Waals surface area contributed by atoms with Crippen molar-refractivity contribution >= 4 is 27.2 Å². The van der Waals surface area contributed by atoms with Crippen molar-refractivity contribution in [3.05, 3.63) is 29.3 Å². The second-order valence-electron chi connectivity index (χ2n) is 4.36. The summed E-state index contributed by atoms with van der Waals surface area (Å²) in [5, 5.41) is 0. The van der Waals surface area contributed by atoms with Crippen LogP contribution in [0.2, 0.25) is 0 Å². The average Bonchev–Trinajstić information content (AvgIpc) is 2.39. The molecule has 0 aliphatic carbocycles. The first-order valence-electron chi connectivity index (χ1n) is 5.91. The molecule has 1 aliphatic heterocycles. The Labute approximate surface area is 118 Å². The lowest BCUT2D eigenvalue weighted by atomic mass is 10.1. The molecular formula is C12H16N2O3S2. The van der Waals surface area contributed by atoms with Gasteiger partial charge in [-0.2, -0.15) is 4.31 Å². The third kappa shape index (κ3) is 2.94. The Balaban J connectivity index is 2.35. The molecule has 0 spiro atoms. The molecule has 0 unspecified atom stereocenters. The van der Waals surface area contributed by atoms with Gasteiger partial charge < -0.3 is 10.5 Å². The number of morpholine rings is 1. The summed E-state index contributed by atoms with van der Waals surface area (Å²) in [5.41, 5.74) is 7.04. The quantitative estimate of drug-likeness (QED) is 0.830. The number of hydrogen-bond donors (Lipinski definition) is 1. The molecule has 5 nitrogen and oxygen atoms in total. The molecular weight excluding hydrogens is 284 g/mol. The monoisotopic (exact) mass is 300 g/mol. The van der Waals surface area contributed by atoms with Crippen LogP contribution in [0.1, 0.15) is 11.1 Å². The normalized spacial score (nSPS) is 17.3. The van der Waals surface area contributed by atoms with E-state index in [2.05, 4.69) is 0 Å². The van der Waals surface area contributed by atoms with E-state index in [4.69, 9.17) is 22.7 Å². The SMILES string of the molecule is Cc1cc(S(=O)(=O)N2CCOCC2)ccc1C(N)=S. The number of ether oxygens (including phenoxy) is 1. The Hall–Kier alpha value is -1.02. The number of nitrogens with two attached hydrogens (primary N) is 1. The van der Waals surface area contributed by atoms with Gasteiger partial charge in [0.05, 0.1) is 18.1 Å². The van der Waals surface area contributed by atoms with Crippen LogP contribution in [-0.2, 0) is 14.8 Å². The molecule has 1 heterocycles. The smallest absolute Gasteiger partial charge is 0.243 e. The second kappa shape index (κ2) is 5.54. The van der Waals surface area contributed by atoms with E-state index in [1.807, 2.05) is 0 Å². The highest BCUT2D eigenvalue weighted by atomic mass is 32.2. The van der Waals surface area contributed by atoms with Gasteiger partial charge in [0.1, 0.15) is 4.99 Å². The van der Waals surface area contributed by atoms with Crippen molar-refractivity contribution in [2.24, 2.45) is 5.73 Å². The van der Waals surface area contributed by atoms with Crippen LogP contribution in [0.25, 0.3) is 0 Å². The molecule has 19 heavy (non-hydrogen) atoms. The molecule has 1 saturated heterocycles. The fourth-order valence-corrected chi connectivity index (χ4v) is 3.73. The van der Waals surface area contributed by atoms with Crippen LogP contribution in [0.4, 0.5) is 0 Å². The highest BCUT2D eigenvalue weighted by Crippen LogP contribution is 2.20. The van der Waals surface area contributed by atoms with Crippen molar-refractivity contribution in [2.45, 2.75) is 11.8 Å². The lowest BCUT2D eigenvalue weighted by Gasteiger charge is -2.26. The third-order valence-corrected chi connectivity index (χ3v) is 5.19.